The number of rotatable bonds is 4. The third-order valence-electron chi connectivity index (χ3n) is 3.78. The molecule has 1 amide bonds. The number of fused-ring (bicyclic) bond motifs is 1. The first kappa shape index (κ1) is 15.7. The van der Waals surface area contributed by atoms with E-state index in [1.54, 1.807) is 29.6 Å². The SMILES string of the molecule is O=C1c2ccccc2S(=O)(=O)N1CCn1nnn(-c2cccs2)c1=O. The number of hydrogen-bond donors (Lipinski definition) is 0. The van der Waals surface area contributed by atoms with Gasteiger partial charge in [-0.2, -0.15) is 9.36 Å². The van der Waals surface area contributed by atoms with Crippen LogP contribution in [0, 0.1) is 0 Å². The number of nitrogens with zero attached hydrogens (tertiary/aromatic N) is 5. The van der Waals surface area contributed by atoms with Crippen molar-refractivity contribution < 1.29 is 13.2 Å². The van der Waals surface area contributed by atoms with Crippen molar-refractivity contribution in [3.8, 4) is 5.00 Å². The average Bonchev–Trinajstić information content (AvgIpc) is 3.28. The van der Waals surface area contributed by atoms with Gasteiger partial charge in [-0.15, -0.1) is 11.3 Å². The fraction of sp³-hybridized carbons (Fsp3) is 0.143. The molecule has 0 spiro atoms. The van der Waals surface area contributed by atoms with Crippen LogP contribution in [0.1, 0.15) is 10.4 Å². The zero-order valence-corrected chi connectivity index (χ0v) is 14.3. The molecular formula is C14H11N5O4S2. The van der Waals surface area contributed by atoms with Crippen molar-refractivity contribution in [3.05, 3.63) is 57.8 Å². The van der Waals surface area contributed by atoms with Gasteiger partial charge in [0.15, 0.2) is 0 Å². The summed E-state index contributed by atoms with van der Waals surface area (Å²) in [6, 6.07) is 9.52. The second kappa shape index (κ2) is 5.63. The van der Waals surface area contributed by atoms with Gasteiger partial charge in [-0.25, -0.2) is 17.5 Å². The van der Waals surface area contributed by atoms with Crippen LogP contribution in [0.15, 0.2) is 51.5 Å². The van der Waals surface area contributed by atoms with Crippen LogP contribution in [0.4, 0.5) is 0 Å². The number of amides is 1. The van der Waals surface area contributed by atoms with E-state index in [1.165, 1.54) is 23.5 Å². The van der Waals surface area contributed by atoms with E-state index in [9.17, 15) is 18.0 Å². The molecule has 0 bridgehead atoms. The van der Waals surface area contributed by atoms with Crippen molar-refractivity contribution in [2.45, 2.75) is 11.4 Å². The summed E-state index contributed by atoms with van der Waals surface area (Å²) < 4.78 is 27.9. The second-order valence-electron chi connectivity index (χ2n) is 5.23. The van der Waals surface area contributed by atoms with E-state index < -0.39 is 21.6 Å². The van der Waals surface area contributed by atoms with E-state index >= 15 is 0 Å². The van der Waals surface area contributed by atoms with E-state index in [2.05, 4.69) is 10.4 Å². The summed E-state index contributed by atoms with van der Waals surface area (Å²) in [5.74, 6) is -0.603. The molecule has 0 unspecified atom stereocenters. The van der Waals surface area contributed by atoms with Crippen LogP contribution in [-0.4, -0.2) is 45.0 Å². The lowest BCUT2D eigenvalue weighted by molar-refractivity contribution is 0.0867. The Labute approximate surface area is 145 Å². The lowest BCUT2D eigenvalue weighted by atomic mass is 10.2. The molecule has 128 valence electrons. The number of carbonyl (C=O) groups excluding carboxylic acids is 1. The highest BCUT2D eigenvalue weighted by Gasteiger charge is 2.40. The highest BCUT2D eigenvalue weighted by Crippen LogP contribution is 2.29. The molecule has 1 aromatic carbocycles. The Balaban J connectivity index is 1.59. The molecule has 25 heavy (non-hydrogen) atoms. The average molecular weight is 377 g/mol. The van der Waals surface area contributed by atoms with E-state index in [0.717, 1.165) is 13.7 Å². The molecule has 0 atom stereocenters. The smallest absolute Gasteiger partial charge is 0.268 e. The summed E-state index contributed by atoms with van der Waals surface area (Å²) in [7, 11) is -3.90. The summed E-state index contributed by atoms with van der Waals surface area (Å²) in [4.78, 5) is 24.6. The molecular weight excluding hydrogens is 366 g/mol. The van der Waals surface area contributed by atoms with Crippen LogP contribution < -0.4 is 5.69 Å². The number of carbonyl (C=O) groups is 1. The standard InChI is InChI=1S/C14H11N5O4S2/c20-13-10-4-1-2-5-11(10)25(22,23)18(13)8-7-17-14(21)19(16-15-17)12-6-3-9-24-12/h1-6,9H,7-8H2. The fourth-order valence-electron chi connectivity index (χ4n) is 2.58. The van der Waals surface area contributed by atoms with Gasteiger partial charge in [-0.05, 0) is 40.1 Å². The molecule has 0 saturated carbocycles. The summed E-state index contributed by atoms with van der Waals surface area (Å²) in [6.07, 6.45) is 0. The normalized spacial score (nSPS) is 15.5. The first-order valence-electron chi connectivity index (χ1n) is 7.23. The molecule has 0 aliphatic carbocycles. The summed E-state index contributed by atoms with van der Waals surface area (Å²) in [5, 5.41) is 9.92. The molecule has 0 saturated heterocycles. The van der Waals surface area contributed by atoms with E-state index in [1.807, 2.05) is 0 Å². The zero-order valence-electron chi connectivity index (χ0n) is 12.6. The van der Waals surface area contributed by atoms with Crippen LogP contribution in [-0.2, 0) is 16.6 Å². The molecule has 4 rings (SSSR count). The highest BCUT2D eigenvalue weighted by molar-refractivity contribution is 7.90. The summed E-state index contributed by atoms with van der Waals surface area (Å²) >= 11 is 1.33. The van der Waals surface area contributed by atoms with E-state index in [0.29, 0.717) is 5.00 Å². The highest BCUT2D eigenvalue weighted by atomic mass is 32.2. The van der Waals surface area contributed by atoms with Crippen molar-refractivity contribution in [1.29, 1.82) is 0 Å². The Kier molecular flexibility index (Phi) is 3.54. The number of hydrogen-bond acceptors (Lipinski definition) is 7. The number of aromatic nitrogens is 4. The minimum atomic E-state index is -3.90. The van der Waals surface area contributed by atoms with Gasteiger partial charge in [0.1, 0.15) is 9.90 Å². The monoisotopic (exact) mass is 377 g/mol. The van der Waals surface area contributed by atoms with Gasteiger partial charge in [0.2, 0.25) is 0 Å². The quantitative estimate of drug-likeness (QED) is 0.649. The van der Waals surface area contributed by atoms with Crippen LogP contribution in [0.5, 0.6) is 0 Å². The Hall–Kier alpha value is -2.79. The van der Waals surface area contributed by atoms with Crippen LogP contribution in [0.3, 0.4) is 0 Å². The van der Waals surface area contributed by atoms with Crippen LogP contribution in [0.2, 0.25) is 0 Å². The summed E-state index contributed by atoms with van der Waals surface area (Å²) in [5.41, 5.74) is -0.360. The third kappa shape index (κ3) is 2.39. The van der Waals surface area contributed by atoms with Crippen molar-refractivity contribution >= 4 is 27.3 Å². The number of tetrazole rings is 1. The Bertz CT molecular complexity index is 1110. The number of benzene rings is 1. The van der Waals surface area contributed by atoms with Crippen LogP contribution in [0.25, 0.3) is 5.00 Å². The largest absolute Gasteiger partial charge is 0.369 e. The first-order chi connectivity index (χ1) is 12.0. The van der Waals surface area contributed by atoms with Gasteiger partial charge < -0.3 is 0 Å². The van der Waals surface area contributed by atoms with Gasteiger partial charge in [0.25, 0.3) is 15.9 Å². The first-order valence-corrected chi connectivity index (χ1v) is 9.55. The van der Waals surface area contributed by atoms with Gasteiger partial charge in [-0.1, -0.05) is 12.1 Å². The molecule has 11 heteroatoms. The Morgan fingerprint density at radius 1 is 1.00 bits per heavy atom. The molecule has 9 nitrogen and oxygen atoms in total. The maximum atomic E-state index is 12.5. The zero-order chi connectivity index (χ0) is 17.6. The van der Waals surface area contributed by atoms with E-state index in [-0.39, 0.29) is 23.5 Å². The van der Waals surface area contributed by atoms with Gasteiger partial charge in [-0.3, -0.25) is 4.79 Å². The molecule has 1 aliphatic heterocycles. The molecule has 3 aromatic rings. The number of sulfonamides is 1. The molecule has 0 radical (unpaired) electrons. The lowest BCUT2D eigenvalue weighted by Crippen LogP contribution is -2.35. The molecule has 1 aliphatic rings. The summed E-state index contributed by atoms with van der Waals surface area (Å²) in [6.45, 7) is -0.276. The number of thiophene rings is 1. The lowest BCUT2D eigenvalue weighted by Gasteiger charge is -2.14. The Morgan fingerprint density at radius 2 is 1.80 bits per heavy atom. The second-order valence-corrected chi connectivity index (χ2v) is 7.98. The van der Waals surface area contributed by atoms with Crippen molar-refractivity contribution in [2.24, 2.45) is 0 Å². The van der Waals surface area contributed by atoms with E-state index in [4.69, 9.17) is 0 Å². The fourth-order valence-corrected chi connectivity index (χ4v) is 4.81. The maximum absolute atomic E-state index is 12.5. The Morgan fingerprint density at radius 3 is 2.52 bits per heavy atom. The van der Waals surface area contributed by atoms with Crippen molar-refractivity contribution in [3.63, 3.8) is 0 Å². The molecule has 3 heterocycles. The topological polar surface area (TPSA) is 107 Å². The minimum absolute atomic E-state index is 0.0189. The predicted octanol–water partition coefficient (Wildman–Crippen LogP) is 0.335. The van der Waals surface area contributed by atoms with Crippen molar-refractivity contribution in [2.75, 3.05) is 6.54 Å². The molecule has 0 N–H and O–H groups in total. The van der Waals surface area contributed by atoms with Gasteiger partial charge >= 0.3 is 5.69 Å². The minimum Gasteiger partial charge on any atom is -0.268 e. The van der Waals surface area contributed by atoms with Gasteiger partial charge in [0.05, 0.1) is 18.7 Å². The predicted molar refractivity (Wildman–Crippen MR) is 88.2 cm³/mol. The van der Waals surface area contributed by atoms with Crippen LogP contribution >= 0.6 is 11.3 Å². The molecule has 0 fully saturated rings. The van der Waals surface area contributed by atoms with Crippen molar-refractivity contribution in [1.82, 2.24) is 24.1 Å². The third-order valence-corrected chi connectivity index (χ3v) is 6.47. The molecule has 2 aromatic heterocycles. The maximum Gasteiger partial charge on any atom is 0.369 e. The van der Waals surface area contributed by atoms with Gasteiger partial charge in [0, 0.05) is 0 Å².